The van der Waals surface area contributed by atoms with Crippen molar-refractivity contribution in [2.24, 2.45) is 5.92 Å². The van der Waals surface area contributed by atoms with Crippen molar-refractivity contribution >= 4 is 51.8 Å². The maximum Gasteiger partial charge on any atom is 0.269 e. The van der Waals surface area contributed by atoms with Gasteiger partial charge in [-0.3, -0.25) is 24.5 Å². The molecule has 2 aliphatic heterocycles. The second kappa shape index (κ2) is 7.45. The SMILES string of the molecule is O=C1[C@H]2[C@@H](c3cccs3)N(c3ccc(Cl)cc3)O[C@H]2C(=O)N1c1ccc([N+](=O)[O-])cc1. The third kappa shape index (κ3) is 3.18. The quantitative estimate of drug-likeness (QED) is 0.329. The van der Waals surface area contributed by atoms with Gasteiger partial charge in [-0.2, -0.15) is 0 Å². The van der Waals surface area contributed by atoms with Crippen LogP contribution in [0.5, 0.6) is 0 Å². The van der Waals surface area contributed by atoms with Crippen molar-refractivity contribution < 1.29 is 19.3 Å². The number of nitro groups is 1. The second-order valence-electron chi connectivity index (χ2n) is 7.10. The molecular weight excluding hydrogens is 442 g/mol. The van der Waals surface area contributed by atoms with Crippen LogP contribution in [-0.4, -0.2) is 22.8 Å². The lowest BCUT2D eigenvalue weighted by Gasteiger charge is -2.27. The van der Waals surface area contributed by atoms with Crippen LogP contribution in [0.2, 0.25) is 5.02 Å². The highest BCUT2D eigenvalue weighted by molar-refractivity contribution is 7.10. The first kappa shape index (κ1) is 19.7. The number of anilines is 2. The summed E-state index contributed by atoms with van der Waals surface area (Å²) in [5, 5.41) is 15.0. The zero-order valence-electron chi connectivity index (χ0n) is 15.8. The van der Waals surface area contributed by atoms with Crippen LogP contribution in [0.15, 0.2) is 66.0 Å². The minimum absolute atomic E-state index is 0.121. The van der Waals surface area contributed by atoms with Gasteiger partial charge in [0.25, 0.3) is 11.6 Å². The first-order valence-corrected chi connectivity index (χ1v) is 10.6. The summed E-state index contributed by atoms with van der Waals surface area (Å²) in [6.45, 7) is 0. The van der Waals surface area contributed by atoms with E-state index in [1.807, 2.05) is 17.5 Å². The lowest BCUT2D eigenvalue weighted by atomic mass is 9.95. The number of benzene rings is 2. The smallest absolute Gasteiger partial charge is 0.269 e. The van der Waals surface area contributed by atoms with Crippen LogP contribution in [0.25, 0.3) is 0 Å². The fraction of sp³-hybridized carbons (Fsp3) is 0.143. The Hall–Kier alpha value is -3.27. The van der Waals surface area contributed by atoms with Crippen LogP contribution in [-0.2, 0) is 14.4 Å². The molecule has 0 unspecified atom stereocenters. The van der Waals surface area contributed by atoms with E-state index in [0.29, 0.717) is 10.7 Å². The molecule has 2 amide bonds. The molecule has 10 heteroatoms. The molecule has 0 saturated carbocycles. The predicted octanol–water partition coefficient (Wildman–Crippen LogP) is 4.36. The van der Waals surface area contributed by atoms with Crippen LogP contribution in [0.1, 0.15) is 10.9 Å². The second-order valence-corrected chi connectivity index (χ2v) is 8.52. The normalized spacial score (nSPS) is 22.8. The van der Waals surface area contributed by atoms with E-state index in [1.165, 1.54) is 35.6 Å². The molecule has 156 valence electrons. The number of hydrogen-bond donors (Lipinski definition) is 0. The maximum atomic E-state index is 13.4. The number of halogens is 1. The van der Waals surface area contributed by atoms with E-state index < -0.39 is 34.8 Å². The summed E-state index contributed by atoms with van der Waals surface area (Å²) >= 11 is 7.47. The zero-order valence-corrected chi connectivity index (χ0v) is 17.3. The van der Waals surface area contributed by atoms with Gasteiger partial charge in [-0.1, -0.05) is 17.7 Å². The summed E-state index contributed by atoms with van der Waals surface area (Å²) in [4.78, 5) is 44.9. The van der Waals surface area contributed by atoms with Crippen molar-refractivity contribution in [2.45, 2.75) is 12.1 Å². The molecule has 2 fully saturated rings. The van der Waals surface area contributed by atoms with Gasteiger partial charge >= 0.3 is 0 Å². The average Bonchev–Trinajstić information content (AvgIpc) is 3.46. The number of carbonyl (C=O) groups is 2. The van der Waals surface area contributed by atoms with Gasteiger partial charge in [-0.15, -0.1) is 11.3 Å². The Kier molecular flexibility index (Phi) is 4.73. The predicted molar refractivity (Wildman–Crippen MR) is 115 cm³/mol. The summed E-state index contributed by atoms with van der Waals surface area (Å²) in [7, 11) is 0. The minimum atomic E-state index is -0.995. The Morgan fingerprint density at radius 3 is 2.26 bits per heavy atom. The summed E-state index contributed by atoms with van der Waals surface area (Å²) in [5.41, 5.74) is 0.839. The third-order valence-electron chi connectivity index (χ3n) is 5.35. The molecule has 8 nitrogen and oxygen atoms in total. The summed E-state index contributed by atoms with van der Waals surface area (Å²) < 4.78 is 0. The molecule has 3 atom stereocenters. The Morgan fingerprint density at radius 1 is 0.968 bits per heavy atom. The van der Waals surface area contributed by atoms with Crippen molar-refractivity contribution in [3.8, 4) is 0 Å². The molecule has 2 aromatic carbocycles. The minimum Gasteiger partial charge on any atom is -0.273 e. The van der Waals surface area contributed by atoms with Gasteiger partial charge in [0.2, 0.25) is 5.91 Å². The number of nitrogens with zero attached hydrogens (tertiary/aromatic N) is 3. The maximum absolute atomic E-state index is 13.4. The van der Waals surface area contributed by atoms with Crippen molar-refractivity contribution in [2.75, 3.05) is 9.96 Å². The van der Waals surface area contributed by atoms with E-state index in [-0.39, 0.29) is 11.4 Å². The first-order valence-electron chi connectivity index (χ1n) is 9.33. The van der Waals surface area contributed by atoms with Gasteiger partial charge in [0.15, 0.2) is 6.10 Å². The first-order chi connectivity index (χ1) is 15.0. The standard InChI is InChI=1S/C21H14ClN3O5S/c22-12-3-5-14(6-4-12)24-18(16-2-1-11-31-16)17-19(30-24)21(27)23(20(17)26)13-7-9-15(10-8-13)25(28)29/h1-11,17-19H/t17-,18+,19+/m0/s1. The van der Waals surface area contributed by atoms with Gasteiger partial charge < -0.3 is 0 Å². The van der Waals surface area contributed by atoms with Gasteiger partial charge in [0.1, 0.15) is 12.0 Å². The highest BCUT2D eigenvalue weighted by Gasteiger charge is 2.60. The molecule has 0 radical (unpaired) electrons. The van der Waals surface area contributed by atoms with E-state index in [2.05, 4.69) is 0 Å². The third-order valence-corrected chi connectivity index (χ3v) is 6.54. The van der Waals surface area contributed by atoms with E-state index in [4.69, 9.17) is 16.4 Å². The average molecular weight is 456 g/mol. The van der Waals surface area contributed by atoms with Gasteiger partial charge in [0, 0.05) is 22.0 Å². The van der Waals surface area contributed by atoms with E-state index in [1.54, 1.807) is 29.3 Å². The summed E-state index contributed by atoms with van der Waals surface area (Å²) in [6.07, 6.45) is -0.995. The topological polar surface area (TPSA) is 93.0 Å². The lowest BCUT2D eigenvalue weighted by Crippen LogP contribution is -2.37. The molecular formula is C21H14ClN3O5S. The molecule has 0 bridgehead atoms. The van der Waals surface area contributed by atoms with E-state index in [0.717, 1.165) is 9.78 Å². The van der Waals surface area contributed by atoms with Crippen LogP contribution in [0.4, 0.5) is 17.1 Å². The van der Waals surface area contributed by atoms with Crippen molar-refractivity contribution in [1.82, 2.24) is 0 Å². The Labute approximate surface area is 185 Å². The molecule has 3 heterocycles. The summed E-state index contributed by atoms with van der Waals surface area (Å²) in [6, 6.07) is 15.6. The van der Waals surface area contributed by atoms with Gasteiger partial charge in [0.05, 0.1) is 16.3 Å². The largest absolute Gasteiger partial charge is 0.273 e. The number of imide groups is 1. The fourth-order valence-corrected chi connectivity index (χ4v) is 4.93. The fourth-order valence-electron chi connectivity index (χ4n) is 3.95. The number of non-ortho nitro benzene ring substituents is 1. The molecule has 1 aromatic heterocycles. The lowest BCUT2D eigenvalue weighted by molar-refractivity contribution is -0.384. The number of hydroxylamine groups is 1. The van der Waals surface area contributed by atoms with Crippen LogP contribution >= 0.6 is 22.9 Å². The number of carbonyl (C=O) groups excluding carboxylic acids is 2. The van der Waals surface area contributed by atoms with Crippen molar-refractivity contribution in [3.05, 3.63) is 86.1 Å². The molecule has 2 saturated heterocycles. The number of nitro benzene ring substituents is 1. The monoisotopic (exact) mass is 455 g/mol. The van der Waals surface area contributed by atoms with Crippen molar-refractivity contribution in [1.29, 1.82) is 0 Å². The van der Waals surface area contributed by atoms with E-state index in [9.17, 15) is 19.7 Å². The highest BCUT2D eigenvalue weighted by atomic mass is 35.5. The highest BCUT2D eigenvalue weighted by Crippen LogP contribution is 2.48. The molecule has 0 spiro atoms. The number of thiophene rings is 1. The molecule has 0 N–H and O–H groups in total. The molecule has 31 heavy (non-hydrogen) atoms. The van der Waals surface area contributed by atoms with Crippen LogP contribution in [0, 0.1) is 16.0 Å². The zero-order chi connectivity index (χ0) is 21.7. The number of amides is 2. The van der Waals surface area contributed by atoms with Gasteiger partial charge in [-0.05, 0) is 47.8 Å². The van der Waals surface area contributed by atoms with Crippen LogP contribution in [0.3, 0.4) is 0 Å². The van der Waals surface area contributed by atoms with Gasteiger partial charge in [-0.25, -0.2) is 9.96 Å². The Balaban J connectivity index is 1.52. The number of rotatable bonds is 4. The Bertz CT molecular complexity index is 1170. The molecule has 3 aromatic rings. The molecule has 5 rings (SSSR count). The molecule has 0 aliphatic carbocycles. The van der Waals surface area contributed by atoms with Crippen LogP contribution < -0.4 is 9.96 Å². The van der Waals surface area contributed by atoms with Crippen molar-refractivity contribution in [3.63, 3.8) is 0 Å². The molecule has 2 aliphatic rings. The Morgan fingerprint density at radius 2 is 1.65 bits per heavy atom. The number of hydrogen-bond acceptors (Lipinski definition) is 7. The number of fused-ring (bicyclic) bond motifs is 1. The summed E-state index contributed by atoms with van der Waals surface area (Å²) in [5.74, 6) is -1.65. The van der Waals surface area contributed by atoms with E-state index >= 15 is 0 Å².